The fraction of sp³-hybridized carbons (Fsp3) is 0.250. The molecule has 0 amide bonds. The predicted octanol–water partition coefficient (Wildman–Crippen LogP) is 5.06. The van der Waals surface area contributed by atoms with Gasteiger partial charge in [-0.2, -0.15) is 0 Å². The first-order chi connectivity index (χ1) is 13.1. The highest BCUT2D eigenvalue weighted by atomic mass is 32.1. The summed E-state index contributed by atoms with van der Waals surface area (Å²) in [5, 5.41) is 5.63. The molecule has 4 rings (SSSR count). The normalized spacial score (nSPS) is 12.7. The van der Waals surface area contributed by atoms with E-state index in [-0.39, 0.29) is 6.04 Å². The van der Waals surface area contributed by atoms with Gasteiger partial charge in [0, 0.05) is 0 Å². The molecule has 0 aliphatic carbocycles. The lowest BCUT2D eigenvalue weighted by Crippen LogP contribution is -2.26. The van der Waals surface area contributed by atoms with Crippen molar-refractivity contribution in [2.24, 2.45) is 0 Å². The van der Waals surface area contributed by atoms with Crippen LogP contribution in [-0.4, -0.2) is 26.7 Å². The van der Waals surface area contributed by atoms with Gasteiger partial charge in [-0.15, -0.1) is 16.4 Å². The molecular formula is C20H20N4OS2. The molecule has 0 bridgehead atoms. The second-order valence-corrected chi connectivity index (χ2v) is 7.93. The maximum absolute atomic E-state index is 5.68. The Hall–Kier alpha value is -2.35. The third-order valence-corrected chi connectivity index (χ3v) is 6.03. The number of hydrogen-bond donors (Lipinski definition) is 0. The minimum atomic E-state index is 0.151. The van der Waals surface area contributed by atoms with Crippen molar-refractivity contribution in [3.8, 4) is 0 Å². The molecule has 0 saturated carbocycles. The van der Waals surface area contributed by atoms with Crippen molar-refractivity contribution in [2.75, 3.05) is 7.05 Å². The highest BCUT2D eigenvalue weighted by Crippen LogP contribution is 2.29. The largest absolute Gasteiger partial charge is 0.414 e. The van der Waals surface area contributed by atoms with Gasteiger partial charge in [-0.05, 0) is 43.9 Å². The lowest BCUT2D eigenvalue weighted by atomic mass is 10.2. The summed E-state index contributed by atoms with van der Waals surface area (Å²) in [5.41, 5.74) is 2.19. The summed E-state index contributed by atoms with van der Waals surface area (Å²) >= 11 is 7.08. The van der Waals surface area contributed by atoms with Crippen LogP contribution in [0.5, 0.6) is 0 Å². The van der Waals surface area contributed by atoms with E-state index in [0.29, 0.717) is 23.8 Å². The number of para-hydroxylation sites is 1. The minimum absolute atomic E-state index is 0.151. The lowest BCUT2D eigenvalue weighted by molar-refractivity contribution is 0.192. The Morgan fingerprint density at radius 3 is 2.67 bits per heavy atom. The molecule has 0 radical (unpaired) electrons. The number of nitrogens with zero attached hydrogens (tertiary/aromatic N) is 4. The van der Waals surface area contributed by atoms with E-state index in [1.807, 2.05) is 43.4 Å². The van der Waals surface area contributed by atoms with Crippen molar-refractivity contribution in [3.05, 3.63) is 75.9 Å². The molecule has 0 aliphatic heterocycles. The third-order valence-electron chi connectivity index (χ3n) is 4.53. The predicted molar refractivity (Wildman–Crippen MR) is 110 cm³/mol. The summed E-state index contributed by atoms with van der Waals surface area (Å²) < 4.78 is 8.62. The van der Waals surface area contributed by atoms with Gasteiger partial charge < -0.3 is 4.42 Å². The number of thiazole rings is 1. The number of hydrogen-bond acceptors (Lipinski definition) is 6. The van der Waals surface area contributed by atoms with Crippen LogP contribution in [0, 0.1) is 4.84 Å². The van der Waals surface area contributed by atoms with Gasteiger partial charge in [0.25, 0.3) is 4.84 Å². The Balaban J connectivity index is 1.48. The molecular weight excluding hydrogens is 376 g/mol. The van der Waals surface area contributed by atoms with E-state index >= 15 is 0 Å². The van der Waals surface area contributed by atoms with Crippen molar-refractivity contribution >= 4 is 33.8 Å². The fourth-order valence-electron chi connectivity index (χ4n) is 2.87. The number of rotatable bonds is 6. The van der Waals surface area contributed by atoms with Crippen molar-refractivity contribution in [2.45, 2.75) is 26.1 Å². The topological polar surface area (TPSA) is 47.1 Å². The van der Waals surface area contributed by atoms with E-state index in [9.17, 15) is 0 Å². The Kier molecular flexibility index (Phi) is 5.15. The molecule has 0 spiro atoms. The molecule has 2 aromatic carbocycles. The van der Waals surface area contributed by atoms with Gasteiger partial charge >= 0.3 is 0 Å². The van der Waals surface area contributed by atoms with Crippen molar-refractivity contribution in [1.29, 1.82) is 0 Å². The van der Waals surface area contributed by atoms with Crippen LogP contribution in [0.3, 0.4) is 0 Å². The summed E-state index contributed by atoms with van der Waals surface area (Å²) in [5.74, 6) is 0.632. The summed E-state index contributed by atoms with van der Waals surface area (Å²) in [6, 6.07) is 18.5. The molecule has 0 unspecified atom stereocenters. The van der Waals surface area contributed by atoms with Crippen molar-refractivity contribution in [3.63, 3.8) is 0 Å². The average Bonchev–Trinajstić information content (AvgIpc) is 3.25. The van der Waals surface area contributed by atoms with Crippen LogP contribution in [0.25, 0.3) is 10.2 Å². The molecule has 7 heteroatoms. The van der Waals surface area contributed by atoms with Crippen LogP contribution < -0.4 is 0 Å². The van der Waals surface area contributed by atoms with Gasteiger partial charge in [0.1, 0.15) is 5.01 Å². The standard InChI is InChI=1S/C20H20N4OS2/c1-14(19-21-16-10-6-7-11-17(16)27-19)23(2)13-24-20(26)25-18(22-24)12-15-8-4-3-5-9-15/h3-11,14H,12-13H2,1-2H3/t14-/m0/s1. The fourth-order valence-corrected chi connectivity index (χ4v) is 4.15. The lowest BCUT2D eigenvalue weighted by Gasteiger charge is -2.22. The van der Waals surface area contributed by atoms with Gasteiger partial charge in [0.2, 0.25) is 5.89 Å². The first-order valence-electron chi connectivity index (χ1n) is 8.76. The molecule has 4 aromatic rings. The Labute approximate surface area is 166 Å². The molecule has 0 fully saturated rings. The highest BCUT2D eigenvalue weighted by molar-refractivity contribution is 7.71. The molecule has 2 aromatic heterocycles. The molecule has 0 saturated heterocycles. The second kappa shape index (κ2) is 7.72. The third kappa shape index (κ3) is 4.00. The van der Waals surface area contributed by atoms with E-state index in [4.69, 9.17) is 21.6 Å². The van der Waals surface area contributed by atoms with Crippen LogP contribution in [0.1, 0.15) is 29.4 Å². The Morgan fingerprint density at radius 1 is 1.15 bits per heavy atom. The molecule has 1 atom stereocenters. The van der Waals surface area contributed by atoms with Crippen molar-refractivity contribution < 1.29 is 4.42 Å². The zero-order valence-corrected chi connectivity index (χ0v) is 16.8. The van der Waals surface area contributed by atoms with Gasteiger partial charge in [0.15, 0.2) is 0 Å². The SMILES string of the molecule is C[C@@H](c1nc2ccccc2s1)N(C)Cn1nc(Cc2ccccc2)oc1=S. The quantitative estimate of drug-likeness (QED) is 0.427. The highest BCUT2D eigenvalue weighted by Gasteiger charge is 2.18. The smallest absolute Gasteiger partial charge is 0.288 e. The average molecular weight is 397 g/mol. The summed E-state index contributed by atoms with van der Waals surface area (Å²) in [4.78, 5) is 7.32. The molecule has 0 aliphatic rings. The zero-order valence-electron chi connectivity index (χ0n) is 15.2. The molecule has 138 valence electrons. The van der Waals surface area contributed by atoms with E-state index in [2.05, 4.69) is 35.1 Å². The first kappa shape index (κ1) is 18.0. The molecule has 5 nitrogen and oxygen atoms in total. The maximum atomic E-state index is 5.68. The van der Waals surface area contributed by atoms with Gasteiger partial charge in [-0.25, -0.2) is 9.67 Å². The molecule has 0 N–H and O–H groups in total. The minimum Gasteiger partial charge on any atom is -0.414 e. The Bertz CT molecular complexity index is 1070. The van der Waals surface area contributed by atoms with Crippen LogP contribution in [-0.2, 0) is 13.1 Å². The van der Waals surface area contributed by atoms with Gasteiger partial charge in [0.05, 0.1) is 29.3 Å². The number of aromatic nitrogens is 3. The van der Waals surface area contributed by atoms with Crippen LogP contribution in [0.15, 0.2) is 59.0 Å². The van der Waals surface area contributed by atoms with E-state index in [1.54, 1.807) is 16.0 Å². The summed E-state index contributed by atoms with van der Waals surface area (Å²) in [6.45, 7) is 2.69. The van der Waals surface area contributed by atoms with Gasteiger partial charge in [-0.3, -0.25) is 4.90 Å². The van der Waals surface area contributed by atoms with Crippen molar-refractivity contribution in [1.82, 2.24) is 19.7 Å². The maximum Gasteiger partial charge on any atom is 0.288 e. The first-order valence-corrected chi connectivity index (χ1v) is 9.99. The summed E-state index contributed by atoms with van der Waals surface area (Å²) in [7, 11) is 2.05. The number of benzene rings is 2. The molecule has 27 heavy (non-hydrogen) atoms. The van der Waals surface area contributed by atoms with Crippen LogP contribution in [0.4, 0.5) is 0 Å². The van der Waals surface area contributed by atoms with E-state index in [1.165, 1.54) is 4.70 Å². The van der Waals surface area contributed by atoms with E-state index < -0.39 is 0 Å². The number of fused-ring (bicyclic) bond motifs is 1. The van der Waals surface area contributed by atoms with Crippen LogP contribution in [0.2, 0.25) is 0 Å². The van der Waals surface area contributed by atoms with E-state index in [0.717, 1.165) is 16.1 Å². The second-order valence-electron chi connectivity index (χ2n) is 6.52. The summed E-state index contributed by atoms with van der Waals surface area (Å²) in [6.07, 6.45) is 0.634. The molecule has 2 heterocycles. The monoisotopic (exact) mass is 396 g/mol. The Morgan fingerprint density at radius 2 is 1.89 bits per heavy atom. The zero-order chi connectivity index (χ0) is 18.8. The van der Waals surface area contributed by atoms with Gasteiger partial charge in [-0.1, -0.05) is 42.5 Å². The van der Waals surface area contributed by atoms with Crippen LogP contribution >= 0.6 is 23.6 Å².